The molecule has 4 nitrogen and oxygen atoms in total. The average Bonchev–Trinajstić information content (AvgIpc) is 2.88. The average molecular weight is 344 g/mol. The highest BCUT2D eigenvalue weighted by Crippen LogP contribution is 2.17. The SMILES string of the molecule is CCC(CC)n1ccc(CN2CC(C)OC(CBr)C2)n1. The molecular weight excluding hydrogens is 318 g/mol. The van der Waals surface area contributed by atoms with Crippen LogP contribution in [0.15, 0.2) is 12.3 Å². The number of halogens is 1. The van der Waals surface area contributed by atoms with Crippen LogP contribution in [0.3, 0.4) is 0 Å². The van der Waals surface area contributed by atoms with E-state index in [0.717, 1.165) is 37.8 Å². The number of nitrogens with zero attached hydrogens (tertiary/aromatic N) is 3. The van der Waals surface area contributed by atoms with Crippen LogP contribution >= 0.6 is 15.9 Å². The minimum Gasteiger partial charge on any atom is -0.372 e. The lowest BCUT2D eigenvalue weighted by molar-refractivity contribution is -0.0681. The van der Waals surface area contributed by atoms with Crippen molar-refractivity contribution in [3.63, 3.8) is 0 Å². The summed E-state index contributed by atoms with van der Waals surface area (Å²) < 4.78 is 7.99. The van der Waals surface area contributed by atoms with E-state index in [-0.39, 0.29) is 0 Å². The van der Waals surface area contributed by atoms with Gasteiger partial charge in [0.05, 0.1) is 23.9 Å². The maximum absolute atomic E-state index is 5.87. The van der Waals surface area contributed by atoms with E-state index >= 15 is 0 Å². The minimum atomic E-state index is 0.292. The molecule has 0 aliphatic carbocycles. The number of hydrogen-bond acceptors (Lipinski definition) is 3. The van der Waals surface area contributed by atoms with E-state index in [9.17, 15) is 0 Å². The molecule has 2 rings (SSSR count). The third-order valence-electron chi connectivity index (χ3n) is 3.94. The quantitative estimate of drug-likeness (QED) is 0.743. The van der Waals surface area contributed by atoms with Gasteiger partial charge in [-0.2, -0.15) is 5.10 Å². The Morgan fingerprint density at radius 1 is 1.40 bits per heavy atom. The summed E-state index contributed by atoms with van der Waals surface area (Å²) >= 11 is 3.52. The molecular formula is C15H26BrN3O. The zero-order chi connectivity index (χ0) is 14.5. The summed E-state index contributed by atoms with van der Waals surface area (Å²) in [6.07, 6.45) is 4.99. The Morgan fingerprint density at radius 3 is 2.80 bits per heavy atom. The molecule has 0 saturated carbocycles. The first-order valence-corrected chi connectivity index (χ1v) is 8.76. The highest BCUT2D eigenvalue weighted by molar-refractivity contribution is 9.09. The van der Waals surface area contributed by atoms with Gasteiger partial charge in [-0.05, 0) is 25.8 Å². The van der Waals surface area contributed by atoms with Crippen LogP contribution in [-0.2, 0) is 11.3 Å². The van der Waals surface area contributed by atoms with Gasteiger partial charge in [-0.25, -0.2) is 0 Å². The van der Waals surface area contributed by atoms with E-state index in [1.54, 1.807) is 0 Å². The second kappa shape index (κ2) is 7.57. The summed E-state index contributed by atoms with van der Waals surface area (Å²) in [5.41, 5.74) is 1.17. The molecule has 0 spiro atoms. The molecule has 2 unspecified atom stereocenters. The van der Waals surface area contributed by atoms with Crippen molar-refractivity contribution >= 4 is 15.9 Å². The van der Waals surface area contributed by atoms with E-state index in [1.165, 1.54) is 5.69 Å². The molecule has 0 radical (unpaired) electrons. The van der Waals surface area contributed by atoms with Crippen molar-refractivity contribution in [3.8, 4) is 0 Å². The first-order chi connectivity index (χ1) is 9.66. The van der Waals surface area contributed by atoms with Crippen LogP contribution in [0.25, 0.3) is 0 Å². The van der Waals surface area contributed by atoms with Crippen molar-refractivity contribution in [2.75, 3.05) is 18.4 Å². The molecule has 1 fully saturated rings. The molecule has 114 valence electrons. The third kappa shape index (κ3) is 4.06. The lowest BCUT2D eigenvalue weighted by Crippen LogP contribution is -2.46. The van der Waals surface area contributed by atoms with Gasteiger partial charge in [-0.1, -0.05) is 29.8 Å². The molecule has 1 aromatic rings. The number of aromatic nitrogens is 2. The number of hydrogen-bond donors (Lipinski definition) is 0. The molecule has 1 aliphatic heterocycles. The summed E-state index contributed by atoms with van der Waals surface area (Å²) in [4.78, 5) is 2.44. The fraction of sp³-hybridized carbons (Fsp3) is 0.800. The maximum Gasteiger partial charge on any atom is 0.0802 e. The first kappa shape index (κ1) is 16.0. The zero-order valence-corrected chi connectivity index (χ0v) is 14.3. The highest BCUT2D eigenvalue weighted by atomic mass is 79.9. The zero-order valence-electron chi connectivity index (χ0n) is 12.8. The van der Waals surface area contributed by atoms with Crippen LogP contribution in [0.5, 0.6) is 0 Å². The fourth-order valence-electron chi connectivity index (χ4n) is 2.91. The Kier molecular flexibility index (Phi) is 6.05. The topological polar surface area (TPSA) is 30.3 Å². The second-order valence-electron chi connectivity index (χ2n) is 5.67. The van der Waals surface area contributed by atoms with Gasteiger partial charge in [0.2, 0.25) is 0 Å². The van der Waals surface area contributed by atoms with Gasteiger partial charge in [0, 0.05) is 31.2 Å². The second-order valence-corrected chi connectivity index (χ2v) is 6.32. The molecule has 2 atom stereocenters. The van der Waals surface area contributed by atoms with Crippen molar-refractivity contribution in [2.24, 2.45) is 0 Å². The molecule has 1 aromatic heterocycles. The van der Waals surface area contributed by atoms with Crippen LogP contribution in [0, 0.1) is 0 Å². The summed E-state index contributed by atoms with van der Waals surface area (Å²) in [5.74, 6) is 0. The summed E-state index contributed by atoms with van der Waals surface area (Å²) in [6, 6.07) is 2.68. The van der Waals surface area contributed by atoms with Crippen molar-refractivity contribution in [1.82, 2.24) is 14.7 Å². The van der Waals surface area contributed by atoms with Gasteiger partial charge >= 0.3 is 0 Å². The summed E-state index contributed by atoms with van der Waals surface area (Å²) in [6.45, 7) is 9.48. The molecule has 1 saturated heterocycles. The highest BCUT2D eigenvalue weighted by Gasteiger charge is 2.25. The van der Waals surface area contributed by atoms with Gasteiger partial charge in [0.1, 0.15) is 0 Å². The van der Waals surface area contributed by atoms with Crippen LogP contribution < -0.4 is 0 Å². The van der Waals surface area contributed by atoms with E-state index < -0.39 is 0 Å². The van der Waals surface area contributed by atoms with Crippen molar-refractivity contribution in [2.45, 2.75) is 58.4 Å². The summed E-state index contributed by atoms with van der Waals surface area (Å²) in [5, 5.41) is 5.64. The van der Waals surface area contributed by atoms with E-state index in [4.69, 9.17) is 9.84 Å². The predicted octanol–water partition coefficient (Wildman–Crippen LogP) is 3.23. The van der Waals surface area contributed by atoms with Gasteiger partial charge in [0.15, 0.2) is 0 Å². The van der Waals surface area contributed by atoms with Crippen molar-refractivity contribution in [1.29, 1.82) is 0 Å². The Balaban J connectivity index is 1.96. The van der Waals surface area contributed by atoms with Crippen LogP contribution in [-0.4, -0.2) is 45.3 Å². The fourth-order valence-corrected chi connectivity index (χ4v) is 3.27. The molecule has 1 aliphatic rings. The summed E-state index contributed by atoms with van der Waals surface area (Å²) in [7, 11) is 0. The Labute approximate surface area is 130 Å². The molecule has 0 N–H and O–H groups in total. The van der Waals surface area contributed by atoms with Crippen LogP contribution in [0.1, 0.15) is 45.3 Å². The monoisotopic (exact) mass is 343 g/mol. The van der Waals surface area contributed by atoms with Gasteiger partial charge in [0.25, 0.3) is 0 Å². The lowest BCUT2D eigenvalue weighted by atomic mass is 10.2. The van der Waals surface area contributed by atoms with E-state index in [1.807, 2.05) is 0 Å². The minimum absolute atomic E-state index is 0.292. The van der Waals surface area contributed by atoms with E-state index in [2.05, 4.69) is 58.5 Å². The Bertz CT molecular complexity index is 406. The van der Waals surface area contributed by atoms with Crippen LogP contribution in [0.4, 0.5) is 0 Å². The Morgan fingerprint density at radius 2 is 2.15 bits per heavy atom. The number of rotatable bonds is 6. The van der Waals surface area contributed by atoms with Crippen molar-refractivity contribution < 1.29 is 4.74 Å². The third-order valence-corrected chi connectivity index (χ3v) is 4.66. The van der Waals surface area contributed by atoms with Gasteiger partial charge < -0.3 is 4.74 Å². The van der Waals surface area contributed by atoms with E-state index in [0.29, 0.717) is 18.2 Å². The molecule has 0 bridgehead atoms. The van der Waals surface area contributed by atoms with Gasteiger partial charge in [-0.3, -0.25) is 9.58 Å². The smallest absolute Gasteiger partial charge is 0.0802 e. The lowest BCUT2D eigenvalue weighted by Gasteiger charge is -2.35. The maximum atomic E-state index is 5.87. The predicted molar refractivity (Wildman–Crippen MR) is 85.3 cm³/mol. The Hall–Kier alpha value is -0.390. The standard InChI is InChI=1S/C15H26BrN3O/c1-4-14(5-2)19-7-6-13(17-19)10-18-9-12(3)20-15(8-16)11-18/h6-7,12,14-15H,4-5,8-11H2,1-3H3. The molecule has 0 amide bonds. The van der Waals surface area contributed by atoms with Gasteiger partial charge in [-0.15, -0.1) is 0 Å². The molecule has 0 aromatic carbocycles. The largest absolute Gasteiger partial charge is 0.372 e. The molecule has 2 heterocycles. The number of ether oxygens (including phenoxy) is 1. The normalized spacial score (nSPS) is 24.4. The molecule has 5 heteroatoms. The number of alkyl halides is 1. The van der Waals surface area contributed by atoms with Crippen molar-refractivity contribution in [3.05, 3.63) is 18.0 Å². The number of morpholine rings is 1. The molecule has 20 heavy (non-hydrogen) atoms. The first-order valence-electron chi connectivity index (χ1n) is 7.64. The van der Waals surface area contributed by atoms with Crippen LogP contribution in [0.2, 0.25) is 0 Å².